The molecule has 10 heteroatoms. The Morgan fingerprint density at radius 3 is 2.02 bits per heavy atom. The summed E-state index contributed by atoms with van der Waals surface area (Å²) in [7, 11) is 4.68. The van der Waals surface area contributed by atoms with Crippen molar-refractivity contribution < 1.29 is 28.2 Å². The molecule has 0 atom stereocenters. The minimum absolute atomic E-state index is 0.0719. The highest BCUT2D eigenvalue weighted by molar-refractivity contribution is 5.92. The molecular formula is C37H41FN4O5. The second-order valence-corrected chi connectivity index (χ2v) is 11.1. The summed E-state index contributed by atoms with van der Waals surface area (Å²) in [6, 6.07) is 30.7. The number of halogens is 1. The second-order valence-electron chi connectivity index (χ2n) is 11.1. The Balaban J connectivity index is 0.000000238. The Morgan fingerprint density at radius 1 is 0.766 bits per heavy atom. The maximum atomic E-state index is 14.7. The van der Waals surface area contributed by atoms with E-state index >= 15 is 0 Å². The number of para-hydroxylation sites is 2. The first-order chi connectivity index (χ1) is 22.8. The lowest BCUT2D eigenvalue weighted by molar-refractivity contribution is 0.0591. The number of amides is 2. The number of carbonyl (C=O) groups is 3. The predicted molar refractivity (Wildman–Crippen MR) is 181 cm³/mol. The summed E-state index contributed by atoms with van der Waals surface area (Å²) in [5.41, 5.74) is 3.94. The number of likely N-dealkylation sites (N-methyl/N-ethyl adjacent to an activating group) is 1. The number of benzene rings is 4. The molecule has 9 nitrogen and oxygen atoms in total. The molecule has 2 amide bonds. The van der Waals surface area contributed by atoms with Crippen molar-refractivity contribution in [2.75, 3.05) is 57.7 Å². The number of urea groups is 1. The Hall–Kier alpha value is -5.22. The number of hydrogen-bond acceptors (Lipinski definition) is 7. The van der Waals surface area contributed by atoms with E-state index in [2.05, 4.69) is 19.7 Å². The van der Waals surface area contributed by atoms with Crippen LogP contribution >= 0.6 is 0 Å². The van der Waals surface area contributed by atoms with Gasteiger partial charge in [0.25, 0.3) is 0 Å². The first-order valence-electron chi connectivity index (χ1n) is 15.4. The standard InChI is InChI=1S/C22H26FN3O3.C15H15NO2/c1-24-11-6-12-25(14-13-24)22(28)26(19-7-4-3-5-8-19)16-18-10-9-17(15-20(18)23)21(27)29-2;1-18-15(17)13-9-7-12(8-10-13)11-16-14-5-3-2-4-6-14/h3-5,7-10,15H,6,11-14,16H2,1-2H3;2-10,16H,11H2,1H3. The van der Waals surface area contributed by atoms with Crippen LogP contribution in [0.15, 0.2) is 103 Å². The number of ether oxygens (including phenoxy) is 2. The van der Waals surface area contributed by atoms with Gasteiger partial charge in [0, 0.05) is 43.1 Å². The number of esters is 2. The van der Waals surface area contributed by atoms with Crippen molar-refractivity contribution in [3.63, 3.8) is 0 Å². The molecule has 0 spiro atoms. The molecule has 1 aliphatic heterocycles. The van der Waals surface area contributed by atoms with Crippen molar-refractivity contribution in [1.82, 2.24) is 9.80 Å². The van der Waals surface area contributed by atoms with E-state index in [0.29, 0.717) is 29.9 Å². The number of nitrogens with zero attached hydrogens (tertiary/aromatic N) is 3. The number of carbonyl (C=O) groups excluding carboxylic acids is 3. The molecule has 0 aromatic heterocycles. The molecular weight excluding hydrogens is 599 g/mol. The SMILES string of the molecule is COC(=O)c1ccc(CN(C(=O)N2CCCN(C)CC2)c2ccccc2)c(F)c1.COC(=O)c1ccc(CNc2ccccc2)cc1. The Morgan fingerprint density at radius 2 is 1.38 bits per heavy atom. The van der Waals surface area contributed by atoms with Crippen LogP contribution in [0, 0.1) is 5.82 Å². The molecule has 1 heterocycles. The van der Waals surface area contributed by atoms with Crippen LogP contribution < -0.4 is 10.2 Å². The third-order valence-electron chi connectivity index (χ3n) is 7.74. The van der Waals surface area contributed by atoms with Crippen LogP contribution in [0.4, 0.5) is 20.6 Å². The topological polar surface area (TPSA) is 91.4 Å². The van der Waals surface area contributed by atoms with Crippen molar-refractivity contribution in [3.05, 3.63) is 131 Å². The zero-order valence-electron chi connectivity index (χ0n) is 27.0. The fourth-order valence-corrected chi connectivity index (χ4v) is 5.01. The molecule has 0 unspecified atom stereocenters. The van der Waals surface area contributed by atoms with E-state index in [1.54, 1.807) is 17.0 Å². The summed E-state index contributed by atoms with van der Waals surface area (Å²) in [6.07, 6.45) is 0.896. The van der Waals surface area contributed by atoms with E-state index < -0.39 is 11.8 Å². The normalized spacial score (nSPS) is 13.0. The van der Waals surface area contributed by atoms with Gasteiger partial charge < -0.3 is 24.6 Å². The van der Waals surface area contributed by atoms with E-state index in [1.807, 2.05) is 84.7 Å². The third-order valence-corrected chi connectivity index (χ3v) is 7.74. The fourth-order valence-electron chi connectivity index (χ4n) is 5.01. The molecule has 1 fully saturated rings. The molecule has 4 aromatic carbocycles. The van der Waals surface area contributed by atoms with Gasteiger partial charge in [0.15, 0.2) is 0 Å². The maximum Gasteiger partial charge on any atom is 0.337 e. The predicted octanol–water partition coefficient (Wildman–Crippen LogP) is 6.46. The van der Waals surface area contributed by atoms with Gasteiger partial charge in [-0.1, -0.05) is 54.6 Å². The van der Waals surface area contributed by atoms with Gasteiger partial charge in [0.1, 0.15) is 5.82 Å². The molecule has 1 N–H and O–H groups in total. The molecule has 1 aliphatic rings. The number of hydrogen-bond donors (Lipinski definition) is 1. The van der Waals surface area contributed by atoms with Gasteiger partial charge in [0.05, 0.1) is 31.9 Å². The Bertz CT molecular complexity index is 1600. The molecule has 0 radical (unpaired) electrons. The van der Waals surface area contributed by atoms with Crippen LogP contribution in [0.1, 0.15) is 38.3 Å². The maximum absolute atomic E-state index is 14.7. The first-order valence-corrected chi connectivity index (χ1v) is 15.4. The molecule has 47 heavy (non-hydrogen) atoms. The summed E-state index contributed by atoms with van der Waals surface area (Å²) >= 11 is 0. The van der Waals surface area contributed by atoms with Gasteiger partial charge in [-0.2, -0.15) is 0 Å². The fraction of sp³-hybridized carbons (Fsp3) is 0.270. The monoisotopic (exact) mass is 640 g/mol. The highest BCUT2D eigenvalue weighted by Crippen LogP contribution is 2.22. The van der Waals surface area contributed by atoms with Crippen LogP contribution in [0.3, 0.4) is 0 Å². The lowest BCUT2D eigenvalue weighted by Crippen LogP contribution is -2.44. The van der Waals surface area contributed by atoms with Crippen LogP contribution in [-0.4, -0.2) is 75.2 Å². The van der Waals surface area contributed by atoms with E-state index in [4.69, 9.17) is 0 Å². The molecule has 1 saturated heterocycles. The Labute approximate surface area is 275 Å². The highest BCUT2D eigenvalue weighted by Gasteiger charge is 2.25. The Kier molecular flexibility index (Phi) is 12.9. The minimum atomic E-state index is -0.597. The lowest BCUT2D eigenvalue weighted by atomic mass is 10.1. The van der Waals surface area contributed by atoms with E-state index in [0.717, 1.165) is 43.4 Å². The zero-order valence-corrected chi connectivity index (χ0v) is 27.0. The third kappa shape index (κ3) is 10.1. The average Bonchev–Trinajstić information content (AvgIpc) is 3.34. The number of nitrogens with one attached hydrogen (secondary N) is 1. The minimum Gasteiger partial charge on any atom is -0.465 e. The summed E-state index contributed by atoms with van der Waals surface area (Å²) in [4.78, 5) is 41.8. The smallest absolute Gasteiger partial charge is 0.337 e. The van der Waals surface area contributed by atoms with Gasteiger partial charge in [-0.25, -0.2) is 18.8 Å². The number of methoxy groups -OCH3 is 2. The van der Waals surface area contributed by atoms with Crippen molar-refractivity contribution in [1.29, 1.82) is 0 Å². The van der Waals surface area contributed by atoms with E-state index in [9.17, 15) is 18.8 Å². The second kappa shape index (κ2) is 17.5. The van der Waals surface area contributed by atoms with Crippen LogP contribution in [0.25, 0.3) is 0 Å². The van der Waals surface area contributed by atoms with Crippen molar-refractivity contribution >= 4 is 29.3 Å². The molecule has 5 rings (SSSR count). The van der Waals surface area contributed by atoms with Crippen LogP contribution in [0.2, 0.25) is 0 Å². The van der Waals surface area contributed by atoms with Gasteiger partial charge in [-0.3, -0.25) is 4.90 Å². The highest BCUT2D eigenvalue weighted by atomic mass is 19.1. The molecule has 246 valence electrons. The summed E-state index contributed by atoms with van der Waals surface area (Å²) in [6.45, 7) is 3.84. The molecule has 0 saturated carbocycles. The lowest BCUT2D eigenvalue weighted by Gasteiger charge is -2.30. The number of rotatable bonds is 8. The molecule has 4 aromatic rings. The van der Waals surface area contributed by atoms with Gasteiger partial charge in [0.2, 0.25) is 0 Å². The zero-order chi connectivity index (χ0) is 33.6. The molecule has 0 aliphatic carbocycles. The van der Waals surface area contributed by atoms with Gasteiger partial charge in [-0.05, 0) is 74.1 Å². The van der Waals surface area contributed by atoms with Crippen LogP contribution in [0.5, 0.6) is 0 Å². The number of anilines is 2. The van der Waals surface area contributed by atoms with Crippen molar-refractivity contribution in [3.8, 4) is 0 Å². The van der Waals surface area contributed by atoms with E-state index in [1.165, 1.54) is 26.4 Å². The van der Waals surface area contributed by atoms with Gasteiger partial charge >= 0.3 is 18.0 Å². The van der Waals surface area contributed by atoms with Crippen LogP contribution in [-0.2, 0) is 22.6 Å². The first kappa shape index (κ1) is 34.6. The quantitative estimate of drug-likeness (QED) is 0.221. The van der Waals surface area contributed by atoms with Crippen molar-refractivity contribution in [2.24, 2.45) is 0 Å². The van der Waals surface area contributed by atoms with E-state index in [-0.39, 0.29) is 24.1 Å². The molecule has 0 bridgehead atoms. The largest absolute Gasteiger partial charge is 0.465 e. The summed E-state index contributed by atoms with van der Waals surface area (Å²) in [5.74, 6) is -1.45. The van der Waals surface area contributed by atoms with Crippen molar-refractivity contribution in [2.45, 2.75) is 19.5 Å². The van der Waals surface area contributed by atoms with Gasteiger partial charge in [-0.15, -0.1) is 0 Å². The average molecular weight is 641 g/mol. The summed E-state index contributed by atoms with van der Waals surface area (Å²) < 4.78 is 24.0. The summed E-state index contributed by atoms with van der Waals surface area (Å²) in [5, 5.41) is 3.31.